The second kappa shape index (κ2) is 9.99. The number of carbonyl (C=O) groups is 1. The van der Waals surface area contributed by atoms with Crippen LogP contribution in [0.15, 0.2) is 42.5 Å². The van der Waals surface area contributed by atoms with Gasteiger partial charge in [-0.25, -0.2) is 0 Å². The van der Waals surface area contributed by atoms with Gasteiger partial charge in [-0.05, 0) is 56.3 Å². The molecule has 0 heterocycles. The third-order valence-corrected chi connectivity index (χ3v) is 4.55. The van der Waals surface area contributed by atoms with E-state index >= 15 is 0 Å². The second-order valence-electron chi connectivity index (χ2n) is 5.39. The number of benzene rings is 2. The lowest BCUT2D eigenvalue weighted by Gasteiger charge is -2.12. The van der Waals surface area contributed by atoms with Crippen molar-refractivity contribution in [3.8, 4) is 17.2 Å². The zero-order valence-corrected chi connectivity index (χ0v) is 15.7. The summed E-state index contributed by atoms with van der Waals surface area (Å²) >= 11 is 1.75. The van der Waals surface area contributed by atoms with E-state index in [2.05, 4.69) is 0 Å². The van der Waals surface area contributed by atoms with Gasteiger partial charge < -0.3 is 14.2 Å². The molecular formula is C20H24O4S. The highest BCUT2D eigenvalue weighted by Gasteiger charge is 2.08. The van der Waals surface area contributed by atoms with Gasteiger partial charge in [-0.15, -0.1) is 0 Å². The molecule has 0 bridgehead atoms. The van der Waals surface area contributed by atoms with Crippen molar-refractivity contribution in [2.24, 2.45) is 0 Å². The molecule has 0 radical (unpaired) electrons. The van der Waals surface area contributed by atoms with E-state index in [1.54, 1.807) is 25.8 Å². The molecule has 0 aliphatic carbocycles. The molecule has 0 unspecified atom stereocenters. The van der Waals surface area contributed by atoms with Gasteiger partial charge in [0.1, 0.15) is 17.2 Å². The largest absolute Gasteiger partial charge is 0.497 e. The van der Waals surface area contributed by atoms with E-state index < -0.39 is 0 Å². The van der Waals surface area contributed by atoms with Crippen LogP contribution < -0.4 is 14.2 Å². The fraction of sp³-hybridized carbons (Fsp3) is 0.350. The lowest BCUT2D eigenvalue weighted by atomic mass is 10.1. The van der Waals surface area contributed by atoms with Gasteiger partial charge in [0.15, 0.2) is 5.78 Å². The minimum atomic E-state index is 0.0668. The molecule has 2 rings (SSSR count). The van der Waals surface area contributed by atoms with Crippen molar-refractivity contribution in [2.45, 2.75) is 19.6 Å². The number of carbonyl (C=O) groups excluding carboxylic acids is 1. The molecule has 0 aliphatic heterocycles. The van der Waals surface area contributed by atoms with Crippen molar-refractivity contribution in [1.82, 2.24) is 0 Å². The van der Waals surface area contributed by atoms with E-state index in [1.807, 2.05) is 49.4 Å². The van der Waals surface area contributed by atoms with Crippen molar-refractivity contribution in [2.75, 3.05) is 26.1 Å². The molecule has 4 nitrogen and oxygen atoms in total. The van der Waals surface area contributed by atoms with Crippen LogP contribution in [0, 0.1) is 0 Å². The van der Waals surface area contributed by atoms with Crippen LogP contribution in [0.2, 0.25) is 0 Å². The van der Waals surface area contributed by atoms with Crippen molar-refractivity contribution >= 4 is 17.5 Å². The Balaban J connectivity index is 1.83. The maximum atomic E-state index is 11.6. The highest BCUT2D eigenvalue weighted by Crippen LogP contribution is 2.25. The van der Waals surface area contributed by atoms with Gasteiger partial charge in [0.25, 0.3) is 0 Å². The molecular weight excluding hydrogens is 336 g/mol. The minimum absolute atomic E-state index is 0.0668. The Morgan fingerprint density at radius 2 is 1.76 bits per heavy atom. The number of rotatable bonds is 10. The van der Waals surface area contributed by atoms with Crippen LogP contribution in [-0.4, -0.2) is 31.9 Å². The van der Waals surface area contributed by atoms with E-state index in [1.165, 1.54) is 0 Å². The van der Waals surface area contributed by atoms with Crippen LogP contribution in [-0.2, 0) is 5.75 Å². The first-order valence-electron chi connectivity index (χ1n) is 8.25. The Labute approximate surface area is 153 Å². The van der Waals surface area contributed by atoms with Crippen molar-refractivity contribution in [1.29, 1.82) is 0 Å². The highest BCUT2D eigenvalue weighted by atomic mass is 32.2. The molecule has 0 saturated carbocycles. The molecule has 134 valence electrons. The highest BCUT2D eigenvalue weighted by molar-refractivity contribution is 7.98. The average molecular weight is 360 g/mol. The van der Waals surface area contributed by atoms with E-state index in [0.29, 0.717) is 18.8 Å². The number of Topliss-reactive ketones (excluding diaryl/α,β-unsaturated/α-hetero) is 1. The summed E-state index contributed by atoms with van der Waals surface area (Å²) in [5, 5.41) is 0. The Bertz CT molecular complexity index is 683. The lowest BCUT2D eigenvalue weighted by molar-refractivity contribution is 0.101. The molecule has 0 atom stereocenters. The summed E-state index contributed by atoms with van der Waals surface area (Å²) in [6.45, 7) is 4.76. The molecule has 2 aromatic carbocycles. The lowest BCUT2D eigenvalue weighted by Crippen LogP contribution is -2.02. The number of ketones is 1. The molecule has 0 saturated heterocycles. The van der Waals surface area contributed by atoms with Gasteiger partial charge in [0.05, 0.1) is 20.3 Å². The summed E-state index contributed by atoms with van der Waals surface area (Å²) in [5.41, 5.74) is 1.76. The number of hydrogen-bond acceptors (Lipinski definition) is 5. The summed E-state index contributed by atoms with van der Waals surface area (Å²) in [4.78, 5) is 11.6. The maximum Gasteiger partial charge on any atom is 0.159 e. The van der Waals surface area contributed by atoms with Gasteiger partial charge in [0.2, 0.25) is 0 Å². The summed E-state index contributed by atoms with van der Waals surface area (Å²) in [6.07, 6.45) is 0. The summed E-state index contributed by atoms with van der Waals surface area (Å²) < 4.78 is 16.5. The third kappa shape index (κ3) is 6.02. The summed E-state index contributed by atoms with van der Waals surface area (Å²) in [7, 11) is 1.64. The van der Waals surface area contributed by atoms with Crippen LogP contribution in [0.5, 0.6) is 17.2 Å². The first-order chi connectivity index (χ1) is 12.1. The molecule has 0 spiro atoms. The van der Waals surface area contributed by atoms with Gasteiger partial charge in [0, 0.05) is 22.6 Å². The Morgan fingerprint density at radius 3 is 2.40 bits per heavy atom. The average Bonchev–Trinajstić information content (AvgIpc) is 2.63. The number of thioether (sulfide) groups is 1. The first kappa shape index (κ1) is 19.2. The molecule has 0 amide bonds. The van der Waals surface area contributed by atoms with E-state index in [-0.39, 0.29) is 5.78 Å². The molecule has 0 N–H and O–H groups in total. The van der Waals surface area contributed by atoms with Gasteiger partial charge >= 0.3 is 0 Å². The molecule has 0 aliphatic rings. The van der Waals surface area contributed by atoms with E-state index in [9.17, 15) is 4.79 Å². The van der Waals surface area contributed by atoms with E-state index in [4.69, 9.17) is 14.2 Å². The van der Waals surface area contributed by atoms with Crippen LogP contribution in [0.4, 0.5) is 0 Å². The van der Waals surface area contributed by atoms with E-state index in [0.717, 1.165) is 34.3 Å². The SMILES string of the molecule is CCOc1ccc(C(C)=O)cc1CSCCOc1ccc(OC)cc1. The molecule has 0 aromatic heterocycles. The molecule has 25 heavy (non-hydrogen) atoms. The predicted molar refractivity (Wildman–Crippen MR) is 102 cm³/mol. The van der Waals surface area contributed by atoms with Crippen LogP contribution in [0.3, 0.4) is 0 Å². The first-order valence-corrected chi connectivity index (χ1v) is 9.40. The van der Waals surface area contributed by atoms with Gasteiger partial charge in [-0.2, -0.15) is 11.8 Å². The number of hydrogen-bond donors (Lipinski definition) is 0. The molecule has 0 fully saturated rings. The Hall–Kier alpha value is -2.14. The Morgan fingerprint density at radius 1 is 1.04 bits per heavy atom. The number of ether oxygens (including phenoxy) is 3. The fourth-order valence-electron chi connectivity index (χ4n) is 2.28. The van der Waals surface area contributed by atoms with Crippen LogP contribution >= 0.6 is 11.8 Å². The minimum Gasteiger partial charge on any atom is -0.497 e. The Kier molecular flexibility index (Phi) is 7.67. The fourth-order valence-corrected chi connectivity index (χ4v) is 3.07. The third-order valence-electron chi connectivity index (χ3n) is 3.58. The van der Waals surface area contributed by atoms with Crippen LogP contribution in [0.1, 0.15) is 29.8 Å². The standard InChI is InChI=1S/C20H24O4S/c1-4-23-20-10-5-16(15(2)21)13-17(20)14-25-12-11-24-19-8-6-18(22-3)7-9-19/h5-10,13H,4,11-12,14H2,1-3H3. The van der Waals surface area contributed by atoms with Crippen LogP contribution in [0.25, 0.3) is 0 Å². The normalized spacial score (nSPS) is 10.4. The quantitative estimate of drug-likeness (QED) is 0.457. The van der Waals surface area contributed by atoms with Crippen molar-refractivity contribution in [3.05, 3.63) is 53.6 Å². The second-order valence-corrected chi connectivity index (χ2v) is 6.49. The molecule has 2 aromatic rings. The smallest absolute Gasteiger partial charge is 0.159 e. The monoisotopic (exact) mass is 360 g/mol. The van der Waals surface area contributed by atoms with Gasteiger partial charge in [-0.1, -0.05) is 0 Å². The van der Waals surface area contributed by atoms with Gasteiger partial charge in [-0.3, -0.25) is 4.79 Å². The predicted octanol–water partition coefficient (Wildman–Crippen LogP) is 4.61. The summed E-state index contributed by atoms with van der Waals surface area (Å²) in [6, 6.07) is 13.2. The maximum absolute atomic E-state index is 11.6. The topological polar surface area (TPSA) is 44.8 Å². The zero-order chi connectivity index (χ0) is 18.1. The molecule has 5 heteroatoms. The number of methoxy groups -OCH3 is 1. The van der Waals surface area contributed by atoms with Crippen molar-refractivity contribution < 1.29 is 19.0 Å². The summed E-state index contributed by atoms with van der Waals surface area (Å²) in [5.74, 6) is 4.18. The zero-order valence-electron chi connectivity index (χ0n) is 14.9. The van der Waals surface area contributed by atoms with Crippen molar-refractivity contribution in [3.63, 3.8) is 0 Å².